The van der Waals surface area contributed by atoms with Crippen LogP contribution in [0.3, 0.4) is 0 Å². The van der Waals surface area contributed by atoms with Crippen molar-refractivity contribution in [1.82, 2.24) is 29.5 Å². The van der Waals surface area contributed by atoms with Crippen LogP contribution in [0.5, 0.6) is 0 Å². The van der Waals surface area contributed by atoms with Gasteiger partial charge < -0.3 is 0 Å². The standard InChI is InChI=1S/C24H19ClN6O/c1-16-2-4-17(5-3-16)12-31-14-21(28-29-31)13-30-15-27-23-22(24(30)32)10-19(11-26-23)18-6-8-20(25)9-7-18/h2-11,14-15H,12-13H2,1H3. The Hall–Kier alpha value is -3.84. The van der Waals surface area contributed by atoms with Crippen LogP contribution in [0.15, 0.2) is 78.1 Å². The van der Waals surface area contributed by atoms with Gasteiger partial charge in [-0.25, -0.2) is 14.6 Å². The monoisotopic (exact) mass is 442 g/mol. The maximum absolute atomic E-state index is 13.1. The zero-order valence-electron chi connectivity index (χ0n) is 17.3. The number of pyridine rings is 1. The lowest BCUT2D eigenvalue weighted by atomic mass is 10.1. The van der Waals surface area contributed by atoms with Gasteiger partial charge in [-0.3, -0.25) is 9.36 Å². The summed E-state index contributed by atoms with van der Waals surface area (Å²) in [6.07, 6.45) is 5.05. The summed E-state index contributed by atoms with van der Waals surface area (Å²) in [6, 6.07) is 17.5. The first kappa shape index (κ1) is 20.1. The molecular weight excluding hydrogens is 424 g/mol. The van der Waals surface area contributed by atoms with Gasteiger partial charge in [0.25, 0.3) is 5.56 Å². The van der Waals surface area contributed by atoms with E-state index in [0.717, 1.165) is 16.7 Å². The number of nitrogens with zero attached hydrogens (tertiary/aromatic N) is 6. The molecule has 7 nitrogen and oxygen atoms in total. The van der Waals surface area contributed by atoms with E-state index in [1.165, 1.54) is 16.5 Å². The second kappa shape index (κ2) is 8.36. The Morgan fingerprint density at radius 1 is 0.938 bits per heavy atom. The SMILES string of the molecule is Cc1ccc(Cn2cc(Cn3cnc4ncc(-c5ccc(Cl)cc5)cc4c3=O)nn2)cc1. The topological polar surface area (TPSA) is 78.5 Å². The van der Waals surface area contributed by atoms with Crippen LogP contribution in [0.25, 0.3) is 22.2 Å². The molecule has 158 valence electrons. The Balaban J connectivity index is 1.41. The van der Waals surface area contributed by atoms with E-state index >= 15 is 0 Å². The summed E-state index contributed by atoms with van der Waals surface area (Å²) in [5, 5.41) is 9.51. The minimum absolute atomic E-state index is 0.175. The molecule has 3 aromatic heterocycles. The fourth-order valence-electron chi connectivity index (χ4n) is 3.51. The molecule has 0 amide bonds. The Morgan fingerprint density at radius 3 is 2.50 bits per heavy atom. The van der Waals surface area contributed by atoms with Crippen molar-refractivity contribution in [2.24, 2.45) is 0 Å². The Kier molecular flexibility index (Phi) is 5.25. The summed E-state index contributed by atoms with van der Waals surface area (Å²) < 4.78 is 3.29. The molecule has 0 aliphatic carbocycles. The minimum Gasteiger partial charge on any atom is -0.292 e. The third kappa shape index (κ3) is 4.15. The van der Waals surface area contributed by atoms with Crippen LogP contribution in [0.1, 0.15) is 16.8 Å². The molecule has 3 heterocycles. The zero-order valence-corrected chi connectivity index (χ0v) is 18.1. The smallest absolute Gasteiger partial charge is 0.263 e. The van der Waals surface area contributed by atoms with E-state index in [1.807, 2.05) is 36.5 Å². The fourth-order valence-corrected chi connectivity index (χ4v) is 3.63. The molecule has 0 radical (unpaired) electrons. The second-order valence-corrected chi connectivity index (χ2v) is 8.11. The summed E-state index contributed by atoms with van der Waals surface area (Å²) in [4.78, 5) is 21.8. The first-order chi connectivity index (χ1) is 15.5. The van der Waals surface area contributed by atoms with Crippen LogP contribution < -0.4 is 5.56 Å². The van der Waals surface area contributed by atoms with Gasteiger partial charge in [-0.05, 0) is 36.2 Å². The third-order valence-electron chi connectivity index (χ3n) is 5.24. The van der Waals surface area contributed by atoms with Crippen molar-refractivity contribution in [3.8, 4) is 11.1 Å². The Bertz CT molecular complexity index is 1460. The Labute approximate surface area is 189 Å². The normalized spacial score (nSPS) is 11.2. The van der Waals surface area contributed by atoms with E-state index in [-0.39, 0.29) is 12.1 Å². The van der Waals surface area contributed by atoms with E-state index in [1.54, 1.807) is 10.9 Å². The van der Waals surface area contributed by atoms with E-state index in [2.05, 4.69) is 51.5 Å². The highest BCUT2D eigenvalue weighted by atomic mass is 35.5. The molecule has 0 bridgehead atoms. The van der Waals surface area contributed by atoms with Crippen molar-refractivity contribution in [1.29, 1.82) is 0 Å². The predicted octanol–water partition coefficient (Wildman–Crippen LogP) is 4.11. The molecule has 5 aromatic rings. The van der Waals surface area contributed by atoms with E-state index in [4.69, 9.17) is 11.6 Å². The van der Waals surface area contributed by atoms with Gasteiger partial charge in [0.1, 0.15) is 12.0 Å². The van der Waals surface area contributed by atoms with Gasteiger partial charge in [-0.15, -0.1) is 5.10 Å². The number of benzene rings is 2. The largest absolute Gasteiger partial charge is 0.292 e. The van der Waals surface area contributed by atoms with E-state index in [9.17, 15) is 4.79 Å². The number of halogens is 1. The van der Waals surface area contributed by atoms with Crippen LogP contribution >= 0.6 is 11.6 Å². The first-order valence-corrected chi connectivity index (χ1v) is 10.5. The quantitative estimate of drug-likeness (QED) is 0.409. The van der Waals surface area contributed by atoms with Gasteiger partial charge in [0, 0.05) is 16.8 Å². The van der Waals surface area contributed by atoms with Crippen LogP contribution in [0, 0.1) is 6.92 Å². The molecule has 0 saturated heterocycles. The molecule has 0 saturated carbocycles. The molecule has 0 unspecified atom stereocenters. The number of fused-ring (bicyclic) bond motifs is 1. The summed E-state index contributed by atoms with van der Waals surface area (Å²) in [5.74, 6) is 0. The van der Waals surface area contributed by atoms with Crippen molar-refractivity contribution in [2.45, 2.75) is 20.0 Å². The molecule has 2 aromatic carbocycles. The highest BCUT2D eigenvalue weighted by Crippen LogP contribution is 2.22. The Morgan fingerprint density at radius 2 is 1.72 bits per heavy atom. The molecule has 0 fully saturated rings. The van der Waals surface area contributed by atoms with E-state index < -0.39 is 0 Å². The van der Waals surface area contributed by atoms with Gasteiger partial charge in [-0.2, -0.15) is 0 Å². The lowest BCUT2D eigenvalue weighted by Crippen LogP contribution is -2.21. The maximum atomic E-state index is 13.1. The minimum atomic E-state index is -0.175. The molecule has 0 spiro atoms. The predicted molar refractivity (Wildman–Crippen MR) is 124 cm³/mol. The van der Waals surface area contributed by atoms with Crippen molar-refractivity contribution >= 4 is 22.6 Å². The van der Waals surface area contributed by atoms with Crippen molar-refractivity contribution < 1.29 is 0 Å². The first-order valence-electron chi connectivity index (χ1n) is 10.1. The number of aromatic nitrogens is 6. The zero-order chi connectivity index (χ0) is 22.1. The summed E-state index contributed by atoms with van der Waals surface area (Å²) in [6.45, 7) is 2.95. The van der Waals surface area contributed by atoms with Gasteiger partial charge in [0.05, 0.1) is 24.7 Å². The highest BCUT2D eigenvalue weighted by Gasteiger charge is 2.10. The van der Waals surface area contributed by atoms with Crippen LogP contribution in [-0.4, -0.2) is 29.5 Å². The van der Waals surface area contributed by atoms with Gasteiger partial charge in [0.2, 0.25) is 0 Å². The van der Waals surface area contributed by atoms with Crippen LogP contribution in [0.4, 0.5) is 0 Å². The van der Waals surface area contributed by atoms with Crippen LogP contribution in [0.2, 0.25) is 5.02 Å². The second-order valence-electron chi connectivity index (χ2n) is 7.67. The van der Waals surface area contributed by atoms with Gasteiger partial charge in [-0.1, -0.05) is 58.8 Å². The molecule has 32 heavy (non-hydrogen) atoms. The van der Waals surface area contributed by atoms with Gasteiger partial charge in [0.15, 0.2) is 5.65 Å². The van der Waals surface area contributed by atoms with Crippen molar-refractivity contribution in [2.75, 3.05) is 0 Å². The average molecular weight is 443 g/mol. The lowest BCUT2D eigenvalue weighted by Gasteiger charge is -2.06. The molecular formula is C24H19ClN6O. The number of rotatable bonds is 5. The summed E-state index contributed by atoms with van der Waals surface area (Å²) in [7, 11) is 0. The van der Waals surface area contributed by atoms with Crippen LogP contribution in [-0.2, 0) is 13.1 Å². The number of hydrogen-bond acceptors (Lipinski definition) is 5. The lowest BCUT2D eigenvalue weighted by molar-refractivity contribution is 0.648. The number of hydrogen-bond donors (Lipinski definition) is 0. The molecule has 0 atom stereocenters. The fraction of sp³-hybridized carbons (Fsp3) is 0.125. The van der Waals surface area contributed by atoms with Gasteiger partial charge >= 0.3 is 0 Å². The maximum Gasteiger partial charge on any atom is 0.263 e. The molecule has 0 aliphatic rings. The van der Waals surface area contributed by atoms with Crippen molar-refractivity contribution in [3.05, 3.63) is 106 Å². The molecule has 8 heteroatoms. The third-order valence-corrected chi connectivity index (χ3v) is 5.49. The molecule has 0 N–H and O–H groups in total. The molecule has 0 aliphatic heterocycles. The number of aryl methyl sites for hydroxylation is 1. The van der Waals surface area contributed by atoms with Crippen molar-refractivity contribution in [3.63, 3.8) is 0 Å². The summed E-state index contributed by atoms with van der Waals surface area (Å²) in [5.41, 5.74) is 5.02. The highest BCUT2D eigenvalue weighted by molar-refractivity contribution is 6.30. The average Bonchev–Trinajstić information content (AvgIpc) is 3.24. The molecule has 5 rings (SSSR count). The summed E-state index contributed by atoms with van der Waals surface area (Å²) >= 11 is 5.98. The van der Waals surface area contributed by atoms with E-state index in [0.29, 0.717) is 28.3 Å².